The van der Waals surface area contributed by atoms with Crippen LogP contribution in [0.4, 0.5) is 15.8 Å². The molecular formula is C10H7FN2O2S. The molecule has 2 N–H and O–H groups in total. The summed E-state index contributed by atoms with van der Waals surface area (Å²) in [6.07, 6.45) is 0. The Bertz CT molecular complexity index is 554. The van der Waals surface area contributed by atoms with Crippen LogP contribution in [0.25, 0.3) is 10.4 Å². The molecule has 0 unspecified atom stereocenters. The van der Waals surface area contributed by atoms with E-state index in [2.05, 4.69) is 0 Å². The third kappa shape index (κ3) is 1.87. The van der Waals surface area contributed by atoms with Gasteiger partial charge < -0.3 is 5.73 Å². The Morgan fingerprint density at radius 2 is 2.06 bits per heavy atom. The predicted molar refractivity (Wildman–Crippen MR) is 60.8 cm³/mol. The number of hydrogen-bond donors (Lipinski definition) is 1. The molecule has 0 aliphatic heterocycles. The summed E-state index contributed by atoms with van der Waals surface area (Å²) in [7, 11) is 0. The van der Waals surface area contributed by atoms with E-state index in [0.29, 0.717) is 10.4 Å². The number of nitrogens with two attached hydrogens (primary N) is 1. The molecule has 1 heterocycles. The molecule has 0 saturated carbocycles. The van der Waals surface area contributed by atoms with Crippen LogP contribution in [0.5, 0.6) is 0 Å². The van der Waals surface area contributed by atoms with Crippen molar-refractivity contribution in [3.05, 3.63) is 45.6 Å². The lowest BCUT2D eigenvalue weighted by Crippen LogP contribution is -1.95. The Morgan fingerprint density at radius 1 is 1.31 bits per heavy atom. The van der Waals surface area contributed by atoms with Gasteiger partial charge in [0.25, 0.3) is 5.69 Å². The number of thiophene rings is 1. The van der Waals surface area contributed by atoms with Crippen molar-refractivity contribution in [1.82, 2.24) is 0 Å². The van der Waals surface area contributed by atoms with Gasteiger partial charge in [-0.2, -0.15) is 4.39 Å². The summed E-state index contributed by atoms with van der Waals surface area (Å²) in [5, 5.41) is 10.3. The first-order valence-corrected chi connectivity index (χ1v) is 5.19. The van der Waals surface area contributed by atoms with E-state index in [0.717, 1.165) is 11.3 Å². The van der Waals surface area contributed by atoms with Crippen LogP contribution in [0, 0.1) is 15.2 Å². The first kappa shape index (κ1) is 10.6. The van der Waals surface area contributed by atoms with E-state index in [1.54, 1.807) is 12.1 Å². The van der Waals surface area contributed by atoms with Gasteiger partial charge in [0.1, 0.15) is 5.69 Å². The first-order chi connectivity index (χ1) is 7.58. The Hall–Kier alpha value is -1.95. The number of anilines is 1. The maximum atomic E-state index is 12.8. The molecule has 0 atom stereocenters. The first-order valence-electron chi connectivity index (χ1n) is 4.37. The maximum Gasteiger partial charge on any atom is 0.292 e. The number of nitro groups is 1. The molecule has 0 spiro atoms. The molecule has 1 aromatic heterocycles. The molecule has 2 rings (SSSR count). The van der Waals surface area contributed by atoms with Crippen molar-refractivity contribution in [3.8, 4) is 10.4 Å². The molecule has 6 heteroatoms. The summed E-state index contributed by atoms with van der Waals surface area (Å²) in [6, 6.07) is 7.33. The number of rotatable bonds is 2. The zero-order valence-electron chi connectivity index (χ0n) is 8.01. The average molecular weight is 238 g/mol. The van der Waals surface area contributed by atoms with E-state index in [4.69, 9.17) is 5.73 Å². The Kier molecular flexibility index (Phi) is 2.57. The highest BCUT2D eigenvalue weighted by atomic mass is 32.1. The third-order valence-electron chi connectivity index (χ3n) is 2.08. The molecule has 82 valence electrons. The van der Waals surface area contributed by atoms with Crippen LogP contribution in [-0.2, 0) is 0 Å². The van der Waals surface area contributed by atoms with Crippen LogP contribution in [0.3, 0.4) is 0 Å². The lowest BCUT2D eigenvalue weighted by molar-refractivity contribution is -0.383. The van der Waals surface area contributed by atoms with Gasteiger partial charge in [-0.05, 0) is 23.8 Å². The van der Waals surface area contributed by atoms with Crippen molar-refractivity contribution < 1.29 is 9.31 Å². The summed E-state index contributed by atoms with van der Waals surface area (Å²) in [5.41, 5.74) is 6.00. The molecule has 0 aliphatic carbocycles. The van der Waals surface area contributed by atoms with Crippen molar-refractivity contribution in [2.45, 2.75) is 0 Å². The van der Waals surface area contributed by atoms with E-state index in [1.807, 2.05) is 0 Å². The fourth-order valence-electron chi connectivity index (χ4n) is 1.32. The quantitative estimate of drug-likeness (QED) is 0.496. The summed E-state index contributed by atoms with van der Waals surface area (Å²) >= 11 is 0.937. The van der Waals surface area contributed by atoms with Gasteiger partial charge in [-0.3, -0.25) is 10.1 Å². The van der Waals surface area contributed by atoms with Crippen molar-refractivity contribution in [1.29, 1.82) is 0 Å². The molecule has 0 radical (unpaired) electrons. The molecule has 4 nitrogen and oxygen atoms in total. The topological polar surface area (TPSA) is 69.2 Å². The maximum absolute atomic E-state index is 12.8. The van der Waals surface area contributed by atoms with Gasteiger partial charge in [-0.15, -0.1) is 11.3 Å². The zero-order chi connectivity index (χ0) is 11.7. The van der Waals surface area contributed by atoms with Gasteiger partial charge in [0.05, 0.1) is 4.92 Å². The van der Waals surface area contributed by atoms with E-state index in [1.165, 1.54) is 18.2 Å². The Morgan fingerprint density at radius 3 is 2.62 bits per heavy atom. The zero-order valence-corrected chi connectivity index (χ0v) is 8.83. The second-order valence-electron chi connectivity index (χ2n) is 3.13. The number of nitrogen functional groups attached to an aromatic ring is 1. The lowest BCUT2D eigenvalue weighted by atomic mass is 10.1. The van der Waals surface area contributed by atoms with Gasteiger partial charge in [-0.25, -0.2) is 0 Å². The second kappa shape index (κ2) is 3.90. The van der Waals surface area contributed by atoms with E-state index in [-0.39, 0.29) is 16.5 Å². The van der Waals surface area contributed by atoms with Crippen LogP contribution in [0.1, 0.15) is 0 Å². The monoisotopic (exact) mass is 238 g/mol. The molecule has 1 aromatic carbocycles. The summed E-state index contributed by atoms with van der Waals surface area (Å²) in [4.78, 5) is 10.8. The minimum absolute atomic E-state index is 0.103. The van der Waals surface area contributed by atoms with Crippen LogP contribution in [-0.4, -0.2) is 4.92 Å². The van der Waals surface area contributed by atoms with E-state index in [9.17, 15) is 14.5 Å². The van der Waals surface area contributed by atoms with Gasteiger partial charge >= 0.3 is 0 Å². The molecule has 2 aromatic rings. The van der Waals surface area contributed by atoms with Gasteiger partial charge in [0, 0.05) is 10.9 Å². The molecule has 0 saturated heterocycles. The largest absolute Gasteiger partial charge is 0.393 e. The molecule has 0 fully saturated rings. The number of benzene rings is 1. The van der Waals surface area contributed by atoms with Crippen molar-refractivity contribution in [3.63, 3.8) is 0 Å². The highest BCUT2D eigenvalue weighted by Gasteiger charge is 2.13. The lowest BCUT2D eigenvalue weighted by Gasteiger charge is -2.00. The van der Waals surface area contributed by atoms with Crippen LogP contribution >= 0.6 is 11.3 Å². The van der Waals surface area contributed by atoms with Crippen LogP contribution < -0.4 is 5.73 Å². The molecular weight excluding hydrogens is 231 g/mol. The smallest absolute Gasteiger partial charge is 0.292 e. The van der Waals surface area contributed by atoms with Crippen molar-refractivity contribution in [2.24, 2.45) is 0 Å². The fourth-order valence-corrected chi connectivity index (χ4v) is 2.05. The highest BCUT2D eigenvalue weighted by molar-refractivity contribution is 7.13. The van der Waals surface area contributed by atoms with Gasteiger partial charge in [0.15, 0.2) is 5.13 Å². The predicted octanol–water partition coefficient (Wildman–Crippen LogP) is 3.04. The number of nitro benzene ring substituents is 1. The van der Waals surface area contributed by atoms with Crippen LogP contribution in [0.2, 0.25) is 0 Å². The Balaban J connectivity index is 2.51. The van der Waals surface area contributed by atoms with E-state index >= 15 is 0 Å². The second-order valence-corrected chi connectivity index (χ2v) is 4.17. The minimum atomic E-state index is -0.553. The summed E-state index contributed by atoms with van der Waals surface area (Å²) < 4.78 is 12.8. The van der Waals surface area contributed by atoms with Crippen molar-refractivity contribution in [2.75, 3.05) is 5.73 Å². The molecule has 0 bridgehead atoms. The van der Waals surface area contributed by atoms with Gasteiger partial charge in [-0.1, -0.05) is 6.07 Å². The van der Waals surface area contributed by atoms with E-state index < -0.39 is 4.92 Å². The molecule has 16 heavy (non-hydrogen) atoms. The van der Waals surface area contributed by atoms with Crippen LogP contribution in [0.15, 0.2) is 30.3 Å². The highest BCUT2D eigenvalue weighted by Crippen LogP contribution is 2.32. The number of nitrogens with zero attached hydrogens (tertiary/aromatic N) is 1. The Labute approximate surface area is 94.3 Å². The standard InChI is InChI=1S/C10H7FN2O2S/c11-10-4-3-9(16-10)6-1-2-7(12)8(5-6)13(14)15/h1-5H,12H2. The molecule has 0 aliphatic rings. The number of halogens is 1. The summed E-state index contributed by atoms with van der Waals surface area (Å²) in [5.74, 6) is 0. The third-order valence-corrected chi connectivity index (χ3v) is 3.01. The number of hydrogen-bond acceptors (Lipinski definition) is 4. The molecule has 0 amide bonds. The van der Waals surface area contributed by atoms with Gasteiger partial charge in [0.2, 0.25) is 0 Å². The average Bonchev–Trinajstić information content (AvgIpc) is 2.65. The van der Waals surface area contributed by atoms with Crippen molar-refractivity contribution >= 4 is 22.7 Å². The summed E-state index contributed by atoms with van der Waals surface area (Å²) in [6.45, 7) is 0. The SMILES string of the molecule is Nc1ccc(-c2ccc(F)s2)cc1[N+](=O)[O-]. The normalized spacial score (nSPS) is 10.3. The minimum Gasteiger partial charge on any atom is -0.393 e. The fraction of sp³-hybridized carbons (Fsp3) is 0.